The molecule has 1 aromatic heterocycles. The Kier molecular flexibility index (Phi) is 7.01. The topological polar surface area (TPSA) is 70.1 Å². The number of hydrogen-bond acceptors (Lipinski definition) is 5. The molecule has 1 amide bonds. The SMILES string of the molecule is O=C(CC(F)(F)F)NNc1nncc(N2CCC(c3ccccc3C(F)(F)F)CC2)c1Cl. The molecule has 0 spiro atoms. The van der Waals surface area contributed by atoms with Crippen molar-refractivity contribution in [3.05, 3.63) is 46.6 Å². The monoisotopic (exact) mass is 481 g/mol. The first-order chi connectivity index (χ1) is 15.0. The number of halogens is 7. The van der Waals surface area contributed by atoms with Gasteiger partial charge in [0.1, 0.15) is 11.4 Å². The molecule has 0 bridgehead atoms. The third-order valence-electron chi connectivity index (χ3n) is 4.99. The van der Waals surface area contributed by atoms with E-state index in [0.717, 1.165) is 6.07 Å². The van der Waals surface area contributed by atoms with Gasteiger partial charge in [-0.15, -0.1) is 5.10 Å². The molecule has 1 aliphatic rings. The lowest BCUT2D eigenvalue weighted by Gasteiger charge is -2.35. The number of anilines is 2. The van der Waals surface area contributed by atoms with Crippen molar-refractivity contribution in [3.8, 4) is 0 Å². The minimum atomic E-state index is -4.67. The molecule has 2 aromatic rings. The Labute approximate surface area is 183 Å². The molecule has 2 N–H and O–H groups in total. The molecule has 1 saturated heterocycles. The first-order valence-electron chi connectivity index (χ1n) is 9.49. The summed E-state index contributed by atoms with van der Waals surface area (Å²) in [4.78, 5) is 13.1. The van der Waals surface area contributed by atoms with Crippen LogP contribution < -0.4 is 15.8 Å². The molecule has 174 valence electrons. The van der Waals surface area contributed by atoms with E-state index in [-0.39, 0.29) is 22.3 Å². The number of alkyl halides is 6. The lowest BCUT2D eigenvalue weighted by molar-refractivity contribution is -0.153. The second-order valence-electron chi connectivity index (χ2n) is 7.20. The lowest BCUT2D eigenvalue weighted by Crippen LogP contribution is -2.35. The molecule has 0 unspecified atom stereocenters. The van der Waals surface area contributed by atoms with Crippen molar-refractivity contribution in [2.75, 3.05) is 23.4 Å². The standard InChI is InChI=1S/C19H18ClF6N5O/c20-16-14(10-27-29-17(16)30-28-15(32)9-18(21,22)23)31-7-5-11(6-8-31)12-3-1-2-4-13(12)19(24,25)26/h1-4,10-11H,5-9H2,(H,28,32)(H,29,30). The molecule has 32 heavy (non-hydrogen) atoms. The molecule has 0 radical (unpaired) electrons. The van der Waals surface area contributed by atoms with E-state index >= 15 is 0 Å². The molecule has 1 aliphatic heterocycles. The number of nitrogens with one attached hydrogen (secondary N) is 2. The van der Waals surface area contributed by atoms with Crippen LogP contribution in [0.4, 0.5) is 37.8 Å². The number of hydrogen-bond donors (Lipinski definition) is 2. The summed E-state index contributed by atoms with van der Waals surface area (Å²) in [6, 6.07) is 5.48. The summed E-state index contributed by atoms with van der Waals surface area (Å²) in [5.41, 5.74) is 4.06. The van der Waals surface area contributed by atoms with Gasteiger partial charge in [-0.3, -0.25) is 15.6 Å². The van der Waals surface area contributed by atoms with Crippen LogP contribution in [0.3, 0.4) is 0 Å². The zero-order valence-electron chi connectivity index (χ0n) is 16.4. The second-order valence-corrected chi connectivity index (χ2v) is 7.58. The van der Waals surface area contributed by atoms with Gasteiger partial charge in [0.25, 0.3) is 0 Å². The van der Waals surface area contributed by atoms with Crippen LogP contribution in [0.15, 0.2) is 30.5 Å². The van der Waals surface area contributed by atoms with Gasteiger partial charge in [-0.05, 0) is 30.4 Å². The zero-order chi connectivity index (χ0) is 23.5. The van der Waals surface area contributed by atoms with Crippen molar-refractivity contribution in [1.82, 2.24) is 15.6 Å². The van der Waals surface area contributed by atoms with Crippen molar-refractivity contribution >= 4 is 29.0 Å². The predicted molar refractivity (Wildman–Crippen MR) is 105 cm³/mol. The average Bonchev–Trinajstić information content (AvgIpc) is 2.71. The van der Waals surface area contributed by atoms with Gasteiger partial charge in [-0.25, -0.2) is 0 Å². The lowest BCUT2D eigenvalue weighted by atomic mass is 9.86. The van der Waals surface area contributed by atoms with Crippen LogP contribution >= 0.6 is 11.6 Å². The van der Waals surface area contributed by atoms with Crippen LogP contribution in [0, 0.1) is 0 Å². The summed E-state index contributed by atoms with van der Waals surface area (Å²) in [5.74, 6) is -1.77. The number of aromatic nitrogens is 2. The highest BCUT2D eigenvalue weighted by atomic mass is 35.5. The summed E-state index contributed by atoms with van der Waals surface area (Å²) in [7, 11) is 0. The van der Waals surface area contributed by atoms with Gasteiger partial charge in [0, 0.05) is 13.1 Å². The Morgan fingerprint density at radius 2 is 1.78 bits per heavy atom. The summed E-state index contributed by atoms with van der Waals surface area (Å²) < 4.78 is 76.7. The van der Waals surface area contributed by atoms with E-state index in [1.165, 1.54) is 18.3 Å². The first kappa shape index (κ1) is 23.9. The Bertz CT molecular complexity index is 960. The van der Waals surface area contributed by atoms with Crippen LogP contribution in [0.5, 0.6) is 0 Å². The van der Waals surface area contributed by atoms with E-state index in [1.54, 1.807) is 11.0 Å². The van der Waals surface area contributed by atoms with E-state index in [0.29, 0.717) is 31.6 Å². The number of benzene rings is 1. The minimum absolute atomic E-state index is 0.0152. The smallest absolute Gasteiger partial charge is 0.369 e. The molecule has 0 saturated carbocycles. The van der Waals surface area contributed by atoms with Crippen LogP contribution in [-0.4, -0.2) is 35.4 Å². The van der Waals surface area contributed by atoms with E-state index in [2.05, 4.69) is 15.6 Å². The molecule has 0 aliphatic carbocycles. The number of piperidine rings is 1. The largest absolute Gasteiger partial charge is 0.416 e. The number of amides is 1. The summed E-state index contributed by atoms with van der Waals surface area (Å²) in [6.45, 7) is 0.754. The van der Waals surface area contributed by atoms with Gasteiger partial charge < -0.3 is 4.90 Å². The van der Waals surface area contributed by atoms with Crippen LogP contribution in [0.1, 0.15) is 36.3 Å². The highest BCUT2D eigenvalue weighted by Gasteiger charge is 2.36. The Morgan fingerprint density at radius 1 is 1.12 bits per heavy atom. The molecule has 1 aromatic carbocycles. The molecule has 2 heterocycles. The zero-order valence-corrected chi connectivity index (χ0v) is 17.2. The van der Waals surface area contributed by atoms with Crippen molar-refractivity contribution in [2.45, 2.75) is 37.5 Å². The fourth-order valence-corrected chi connectivity index (χ4v) is 3.81. The molecular weight excluding hydrogens is 464 g/mol. The van der Waals surface area contributed by atoms with E-state index in [4.69, 9.17) is 11.6 Å². The molecule has 3 rings (SSSR count). The van der Waals surface area contributed by atoms with Gasteiger partial charge in [-0.1, -0.05) is 29.8 Å². The maximum absolute atomic E-state index is 13.3. The normalized spacial score (nSPS) is 15.5. The number of hydrazine groups is 1. The highest BCUT2D eigenvalue weighted by Crippen LogP contribution is 2.40. The third-order valence-corrected chi connectivity index (χ3v) is 5.37. The molecule has 1 fully saturated rings. The predicted octanol–water partition coefficient (Wildman–Crippen LogP) is 4.93. The van der Waals surface area contributed by atoms with Gasteiger partial charge in [0.2, 0.25) is 5.91 Å². The van der Waals surface area contributed by atoms with Crippen molar-refractivity contribution in [3.63, 3.8) is 0 Å². The van der Waals surface area contributed by atoms with E-state index in [9.17, 15) is 31.1 Å². The summed E-state index contributed by atoms with van der Waals surface area (Å²) >= 11 is 6.27. The number of nitrogens with zero attached hydrogens (tertiary/aromatic N) is 3. The van der Waals surface area contributed by atoms with Crippen molar-refractivity contribution < 1.29 is 31.1 Å². The molecule has 13 heteroatoms. The highest BCUT2D eigenvalue weighted by molar-refractivity contribution is 6.35. The van der Waals surface area contributed by atoms with Crippen LogP contribution in [0.25, 0.3) is 0 Å². The Hall–Kier alpha value is -2.76. The van der Waals surface area contributed by atoms with Crippen LogP contribution in [-0.2, 0) is 11.0 Å². The van der Waals surface area contributed by atoms with Crippen LogP contribution in [0.2, 0.25) is 5.02 Å². The summed E-state index contributed by atoms with van der Waals surface area (Å²) in [5, 5.41) is 7.41. The fourth-order valence-electron chi connectivity index (χ4n) is 3.56. The fraction of sp³-hybridized carbons (Fsp3) is 0.421. The van der Waals surface area contributed by atoms with Crippen molar-refractivity contribution in [2.24, 2.45) is 0 Å². The first-order valence-corrected chi connectivity index (χ1v) is 9.87. The summed E-state index contributed by atoms with van der Waals surface area (Å²) in [6.07, 6.45) is -8.60. The minimum Gasteiger partial charge on any atom is -0.369 e. The van der Waals surface area contributed by atoms with Gasteiger partial charge in [0.15, 0.2) is 5.82 Å². The number of rotatable bonds is 5. The Morgan fingerprint density at radius 3 is 2.41 bits per heavy atom. The molecular formula is C19H18ClF6N5O. The second kappa shape index (κ2) is 9.39. The van der Waals surface area contributed by atoms with Gasteiger partial charge >= 0.3 is 12.4 Å². The molecule has 0 atom stereocenters. The number of carbonyl (C=O) groups is 1. The van der Waals surface area contributed by atoms with Gasteiger partial charge in [-0.2, -0.15) is 31.4 Å². The third kappa shape index (κ3) is 5.93. The van der Waals surface area contributed by atoms with Crippen molar-refractivity contribution in [1.29, 1.82) is 0 Å². The maximum Gasteiger partial charge on any atom is 0.416 e. The van der Waals surface area contributed by atoms with E-state index < -0.39 is 30.2 Å². The maximum atomic E-state index is 13.3. The quantitative estimate of drug-likeness (QED) is 0.468. The average molecular weight is 482 g/mol. The Balaban J connectivity index is 1.67. The molecule has 6 nitrogen and oxygen atoms in total. The number of carbonyl (C=O) groups excluding carboxylic acids is 1. The van der Waals surface area contributed by atoms with E-state index in [1.807, 2.05) is 5.43 Å². The van der Waals surface area contributed by atoms with Gasteiger partial charge in [0.05, 0.1) is 17.4 Å².